The first-order valence-corrected chi connectivity index (χ1v) is 11.2. The molecule has 0 nitrogen and oxygen atoms in total. The van der Waals surface area contributed by atoms with Crippen molar-refractivity contribution in [2.75, 3.05) is 0 Å². The molecule has 0 radical (unpaired) electrons. The normalized spacial score (nSPS) is 15.1. The Labute approximate surface area is 165 Å². The number of benzene rings is 1. The maximum absolute atomic E-state index is 2.45. The lowest BCUT2D eigenvalue weighted by Crippen LogP contribution is -2.17. The van der Waals surface area contributed by atoms with E-state index in [-0.39, 0.29) is 0 Å². The molecule has 1 aromatic carbocycles. The summed E-state index contributed by atoms with van der Waals surface area (Å²) in [7, 11) is 0. The van der Waals surface area contributed by atoms with E-state index < -0.39 is 0 Å². The maximum atomic E-state index is 2.45. The minimum Gasteiger partial charge on any atom is -0.0654 e. The Bertz CT molecular complexity index is 486. The van der Waals surface area contributed by atoms with Crippen molar-refractivity contribution < 1.29 is 0 Å². The number of hydrogen-bond acceptors (Lipinski definition) is 0. The third kappa shape index (κ3) is 8.28. The Morgan fingerprint density at radius 3 is 1.92 bits per heavy atom. The lowest BCUT2D eigenvalue weighted by atomic mass is 9.76. The van der Waals surface area contributed by atoms with Crippen LogP contribution in [0.25, 0.3) is 0 Å². The number of unbranched alkanes of at least 4 members (excludes halogenated alkanes) is 1. The second-order valence-corrected chi connectivity index (χ2v) is 10.5. The Morgan fingerprint density at radius 1 is 0.846 bits per heavy atom. The first-order valence-electron chi connectivity index (χ1n) is 11.2. The van der Waals surface area contributed by atoms with Gasteiger partial charge in [-0.15, -0.1) is 0 Å². The van der Waals surface area contributed by atoms with Gasteiger partial charge in [0.05, 0.1) is 0 Å². The van der Waals surface area contributed by atoms with Gasteiger partial charge < -0.3 is 0 Å². The zero-order valence-electron chi connectivity index (χ0n) is 19.1. The standard InChI is InChI=1S/C26H46/c1-9-11-13-22(10-2)14-12-19-26(7,8)20-23-15-17-24(18-16-23)21(3)25(4,5)6/h15-18,21-22H,9-14,19-20H2,1-8H3. The van der Waals surface area contributed by atoms with E-state index >= 15 is 0 Å². The Balaban J connectivity index is 2.53. The van der Waals surface area contributed by atoms with Crippen LogP contribution in [0, 0.1) is 16.7 Å². The Kier molecular flexibility index (Phi) is 9.42. The molecule has 0 saturated carbocycles. The molecule has 0 spiro atoms. The summed E-state index contributed by atoms with van der Waals surface area (Å²) in [4.78, 5) is 0. The van der Waals surface area contributed by atoms with E-state index in [1.54, 1.807) is 0 Å². The van der Waals surface area contributed by atoms with Crippen molar-refractivity contribution in [2.24, 2.45) is 16.7 Å². The van der Waals surface area contributed by atoms with Crippen LogP contribution in [-0.2, 0) is 6.42 Å². The molecule has 0 N–H and O–H groups in total. The highest BCUT2D eigenvalue weighted by Crippen LogP contribution is 2.35. The summed E-state index contributed by atoms with van der Waals surface area (Å²) in [5.74, 6) is 1.54. The van der Waals surface area contributed by atoms with E-state index in [0.29, 0.717) is 16.7 Å². The van der Waals surface area contributed by atoms with Gasteiger partial charge in [-0.25, -0.2) is 0 Å². The highest BCUT2D eigenvalue weighted by atomic mass is 14.3. The Morgan fingerprint density at radius 2 is 1.42 bits per heavy atom. The highest BCUT2D eigenvalue weighted by Gasteiger charge is 2.22. The predicted molar refractivity (Wildman–Crippen MR) is 119 cm³/mol. The van der Waals surface area contributed by atoms with Crippen molar-refractivity contribution in [1.82, 2.24) is 0 Å². The second-order valence-electron chi connectivity index (χ2n) is 10.5. The van der Waals surface area contributed by atoms with Crippen LogP contribution in [0.15, 0.2) is 24.3 Å². The lowest BCUT2D eigenvalue weighted by Gasteiger charge is -2.29. The minimum atomic E-state index is 0.328. The molecule has 0 aliphatic heterocycles. The van der Waals surface area contributed by atoms with Crippen molar-refractivity contribution in [3.63, 3.8) is 0 Å². The number of hydrogen-bond donors (Lipinski definition) is 0. The second kappa shape index (κ2) is 10.5. The molecule has 0 heterocycles. The quantitative estimate of drug-likeness (QED) is 0.370. The van der Waals surface area contributed by atoms with Crippen molar-refractivity contribution in [3.8, 4) is 0 Å². The third-order valence-corrected chi connectivity index (χ3v) is 6.47. The van der Waals surface area contributed by atoms with Gasteiger partial charge in [0.25, 0.3) is 0 Å². The van der Waals surface area contributed by atoms with Gasteiger partial charge in [0.15, 0.2) is 0 Å². The molecule has 0 aliphatic carbocycles. The van der Waals surface area contributed by atoms with E-state index in [0.717, 1.165) is 5.92 Å². The van der Waals surface area contributed by atoms with Gasteiger partial charge in [0, 0.05) is 0 Å². The summed E-state index contributed by atoms with van der Waals surface area (Å²) in [5, 5.41) is 0. The van der Waals surface area contributed by atoms with Crippen LogP contribution >= 0.6 is 0 Å². The molecular weight excluding hydrogens is 312 g/mol. The average molecular weight is 359 g/mol. The van der Waals surface area contributed by atoms with Gasteiger partial charge in [-0.05, 0) is 46.6 Å². The van der Waals surface area contributed by atoms with Crippen LogP contribution in [-0.4, -0.2) is 0 Å². The first kappa shape index (κ1) is 23.3. The lowest BCUT2D eigenvalue weighted by molar-refractivity contribution is 0.296. The topological polar surface area (TPSA) is 0 Å². The molecule has 2 atom stereocenters. The molecule has 150 valence electrons. The third-order valence-electron chi connectivity index (χ3n) is 6.47. The fourth-order valence-electron chi connectivity index (χ4n) is 3.98. The molecule has 0 amide bonds. The molecule has 1 rings (SSSR count). The van der Waals surface area contributed by atoms with E-state index in [1.165, 1.54) is 62.5 Å². The van der Waals surface area contributed by atoms with Crippen molar-refractivity contribution in [3.05, 3.63) is 35.4 Å². The van der Waals surface area contributed by atoms with Crippen LogP contribution in [0.5, 0.6) is 0 Å². The summed E-state index contributed by atoms with van der Waals surface area (Å²) in [6.07, 6.45) is 10.9. The SMILES string of the molecule is CCCCC(CC)CCCC(C)(C)Cc1ccc(C(C)C(C)(C)C)cc1. The molecular formula is C26H46. The molecule has 0 heteroatoms. The minimum absolute atomic E-state index is 0.328. The fraction of sp³-hybridized carbons (Fsp3) is 0.769. The van der Waals surface area contributed by atoms with Crippen molar-refractivity contribution in [2.45, 2.75) is 113 Å². The van der Waals surface area contributed by atoms with Crippen LogP contribution in [0.2, 0.25) is 0 Å². The van der Waals surface area contributed by atoms with Gasteiger partial charge in [-0.1, -0.05) is 118 Å². The largest absolute Gasteiger partial charge is 0.0654 e. The van der Waals surface area contributed by atoms with E-state index in [4.69, 9.17) is 0 Å². The molecule has 0 bridgehead atoms. The van der Waals surface area contributed by atoms with Crippen molar-refractivity contribution in [1.29, 1.82) is 0 Å². The molecule has 2 unspecified atom stereocenters. The van der Waals surface area contributed by atoms with Gasteiger partial charge in [-0.3, -0.25) is 0 Å². The van der Waals surface area contributed by atoms with Crippen LogP contribution in [0.3, 0.4) is 0 Å². The fourth-order valence-corrected chi connectivity index (χ4v) is 3.98. The molecule has 0 fully saturated rings. The summed E-state index contributed by atoms with van der Waals surface area (Å²) >= 11 is 0. The molecule has 0 saturated heterocycles. The van der Waals surface area contributed by atoms with Crippen LogP contribution in [0.4, 0.5) is 0 Å². The molecule has 0 aliphatic rings. The zero-order chi connectivity index (χ0) is 19.8. The van der Waals surface area contributed by atoms with Crippen molar-refractivity contribution >= 4 is 0 Å². The number of rotatable bonds is 11. The van der Waals surface area contributed by atoms with Gasteiger partial charge in [-0.2, -0.15) is 0 Å². The predicted octanol–water partition coefficient (Wildman–Crippen LogP) is 8.79. The van der Waals surface area contributed by atoms with E-state index in [2.05, 4.69) is 79.7 Å². The van der Waals surface area contributed by atoms with E-state index in [1.807, 2.05) is 0 Å². The molecule has 0 aromatic heterocycles. The van der Waals surface area contributed by atoms with Crippen LogP contribution < -0.4 is 0 Å². The van der Waals surface area contributed by atoms with Crippen LogP contribution in [0.1, 0.15) is 117 Å². The summed E-state index contributed by atoms with van der Waals surface area (Å²) in [5.41, 5.74) is 3.70. The van der Waals surface area contributed by atoms with Gasteiger partial charge in [0.2, 0.25) is 0 Å². The average Bonchev–Trinajstić information content (AvgIpc) is 2.56. The maximum Gasteiger partial charge on any atom is -0.0142 e. The van der Waals surface area contributed by atoms with Gasteiger partial charge >= 0.3 is 0 Å². The Hall–Kier alpha value is -0.780. The molecule has 26 heavy (non-hydrogen) atoms. The summed E-state index contributed by atoms with van der Waals surface area (Å²) in [6, 6.07) is 9.46. The molecule has 1 aromatic rings. The highest BCUT2D eigenvalue weighted by molar-refractivity contribution is 5.26. The summed E-state index contributed by atoms with van der Waals surface area (Å²) in [6.45, 7) is 18.9. The van der Waals surface area contributed by atoms with E-state index in [9.17, 15) is 0 Å². The smallest absolute Gasteiger partial charge is 0.0142 e. The first-order chi connectivity index (χ1) is 12.1. The zero-order valence-corrected chi connectivity index (χ0v) is 19.1. The monoisotopic (exact) mass is 358 g/mol. The summed E-state index contributed by atoms with van der Waals surface area (Å²) < 4.78 is 0. The van der Waals surface area contributed by atoms with Gasteiger partial charge in [0.1, 0.15) is 0 Å².